The van der Waals surface area contributed by atoms with Gasteiger partial charge in [0.15, 0.2) is 12.1 Å². The molecule has 6 nitrogen and oxygen atoms in total. The van der Waals surface area contributed by atoms with Gasteiger partial charge >= 0.3 is 5.97 Å². The van der Waals surface area contributed by atoms with Gasteiger partial charge in [0.2, 0.25) is 5.91 Å². The second kappa shape index (κ2) is 11.6. The number of hydrogen-bond acceptors (Lipinski definition) is 4. The van der Waals surface area contributed by atoms with Crippen molar-refractivity contribution in [3.8, 4) is 11.1 Å². The van der Waals surface area contributed by atoms with Crippen LogP contribution in [0.5, 0.6) is 0 Å². The molecule has 2 aromatic rings. The quantitative estimate of drug-likeness (QED) is 0.112. The van der Waals surface area contributed by atoms with Crippen molar-refractivity contribution in [2.75, 3.05) is 5.88 Å². The molecule has 1 aliphatic heterocycles. The van der Waals surface area contributed by atoms with Gasteiger partial charge in [-0.05, 0) is 33.9 Å². The number of halogens is 2. The Bertz CT molecular complexity index is 1240. The molecule has 2 aromatic carbocycles. The Morgan fingerprint density at radius 1 is 0.973 bits per heavy atom. The first-order valence-corrected chi connectivity index (χ1v) is 12.7. The fraction of sp³-hybridized carbons (Fsp3) is 0.207. The number of amides is 2. The van der Waals surface area contributed by atoms with Crippen LogP contribution >= 0.6 is 23.2 Å². The van der Waals surface area contributed by atoms with E-state index in [4.69, 9.17) is 27.9 Å². The number of likely N-dealkylation sites (tertiary alicyclic amines) is 1. The molecular weight excluding hydrogens is 511 g/mol. The Balaban J connectivity index is 0.000000458. The molecule has 37 heavy (non-hydrogen) atoms. The molecule has 5 rings (SSSR count). The summed E-state index contributed by atoms with van der Waals surface area (Å²) < 4.78 is 5.88. The molecule has 0 bridgehead atoms. The number of benzene rings is 3. The monoisotopic (exact) mass is 536 g/mol. The van der Waals surface area contributed by atoms with Crippen molar-refractivity contribution >= 4 is 41.0 Å². The van der Waals surface area contributed by atoms with Gasteiger partial charge in [-0.25, -0.2) is 4.79 Å². The van der Waals surface area contributed by atoms with Gasteiger partial charge in [-0.2, -0.15) is 0 Å². The van der Waals surface area contributed by atoms with Crippen molar-refractivity contribution in [3.63, 3.8) is 0 Å². The van der Waals surface area contributed by atoms with E-state index in [2.05, 4.69) is 36.2 Å². The number of nitrogens with one attached hydrogen (secondary N) is 1. The van der Waals surface area contributed by atoms with Gasteiger partial charge in [0.25, 0.3) is 5.91 Å². The molecule has 1 fully saturated rings. The Labute approximate surface area is 225 Å². The van der Waals surface area contributed by atoms with E-state index in [0.717, 1.165) is 16.0 Å². The van der Waals surface area contributed by atoms with Crippen molar-refractivity contribution in [2.24, 2.45) is 0 Å². The number of rotatable bonds is 8. The van der Waals surface area contributed by atoms with Crippen molar-refractivity contribution in [3.05, 3.63) is 108 Å². The summed E-state index contributed by atoms with van der Waals surface area (Å²) in [4.78, 5) is 38.4. The summed E-state index contributed by atoms with van der Waals surface area (Å²) >= 11 is 12.3. The van der Waals surface area contributed by atoms with Crippen molar-refractivity contribution in [1.29, 1.82) is 0 Å². The van der Waals surface area contributed by atoms with E-state index >= 15 is 0 Å². The highest BCUT2D eigenvalue weighted by molar-refractivity contribution is 6.27. The summed E-state index contributed by atoms with van der Waals surface area (Å²) in [5.74, 6) is -1.67. The highest BCUT2D eigenvalue weighted by Gasteiger charge is 2.53. The summed E-state index contributed by atoms with van der Waals surface area (Å²) in [6.07, 6.45) is -0.697. The van der Waals surface area contributed by atoms with Crippen LogP contribution in [0.4, 0.5) is 0 Å². The van der Waals surface area contributed by atoms with E-state index < -0.39 is 41.5 Å². The van der Waals surface area contributed by atoms with Gasteiger partial charge in [-0.1, -0.05) is 97.0 Å². The minimum Gasteiger partial charge on any atom is -0.451 e. The van der Waals surface area contributed by atoms with Crippen LogP contribution in [0.3, 0.4) is 0 Å². The largest absolute Gasteiger partial charge is 0.451 e. The van der Waals surface area contributed by atoms with Crippen LogP contribution in [0, 0.1) is 0 Å². The first-order valence-electron chi connectivity index (χ1n) is 11.7. The van der Waals surface area contributed by atoms with Crippen LogP contribution in [0.1, 0.15) is 24.2 Å². The summed E-state index contributed by atoms with van der Waals surface area (Å²) in [6, 6.07) is 24.9. The third kappa shape index (κ3) is 6.04. The minimum atomic E-state index is -1.17. The molecule has 2 amide bonds. The number of hydrogen-bond donors (Lipinski definition) is 1. The zero-order valence-corrected chi connectivity index (χ0v) is 21.7. The van der Waals surface area contributed by atoms with Gasteiger partial charge in [-0.15, -0.1) is 11.6 Å². The van der Waals surface area contributed by atoms with Crippen LogP contribution < -0.4 is 5.32 Å². The van der Waals surface area contributed by atoms with E-state index in [0.29, 0.717) is 0 Å². The zero-order valence-electron chi connectivity index (χ0n) is 20.1. The lowest BCUT2D eigenvalue weighted by atomic mass is 9.98. The standard InChI is InChI=1S/C23H22Cl2N2O4.C6H4/c1-14(13-24)19(27-21(25)18(22(27)29)26-15(2)28)23(30)31-20(16-9-5-3-6-10-16)17-11-7-4-8-12-17;1-2-5-4-6(5)3-1/h3-12,18-21H,1,13H2,2H3,(H,26,28);1-4H. The second-order valence-electron chi connectivity index (χ2n) is 8.71. The SMILES string of the molecule is C=C(CCl)C(C(=O)OC(c1ccccc1)c1ccccc1)N1C(=O)C(NC(C)=O)C1Cl.c1cc2cc-2c1. The Hall–Kier alpha value is -3.61. The minimum absolute atomic E-state index is 0.0701. The van der Waals surface area contributed by atoms with E-state index in [1.165, 1.54) is 18.1 Å². The third-order valence-corrected chi connectivity index (χ3v) is 6.84. The second-order valence-corrected chi connectivity index (χ2v) is 9.42. The number of β-lactam (4-membered cyclic amide) rings is 1. The van der Waals surface area contributed by atoms with Crippen LogP contribution in [0.2, 0.25) is 0 Å². The summed E-state index contributed by atoms with van der Waals surface area (Å²) in [7, 11) is 0. The molecule has 0 aromatic heterocycles. The zero-order chi connectivity index (χ0) is 26.5. The first kappa shape index (κ1) is 26.5. The van der Waals surface area contributed by atoms with Crippen LogP contribution in [-0.4, -0.2) is 46.1 Å². The number of ether oxygens (including phenoxy) is 1. The molecule has 190 valence electrons. The fourth-order valence-corrected chi connectivity index (χ4v) is 4.61. The van der Waals surface area contributed by atoms with Gasteiger partial charge in [0, 0.05) is 12.8 Å². The Morgan fingerprint density at radius 3 is 1.89 bits per heavy atom. The smallest absolute Gasteiger partial charge is 0.334 e. The van der Waals surface area contributed by atoms with Crippen LogP contribution in [0.15, 0.2) is 97.1 Å². The molecule has 1 saturated heterocycles. The van der Waals surface area contributed by atoms with Crippen molar-refractivity contribution in [2.45, 2.75) is 30.6 Å². The van der Waals surface area contributed by atoms with E-state index in [9.17, 15) is 14.4 Å². The molecule has 8 heteroatoms. The fourth-order valence-electron chi connectivity index (χ4n) is 4.09. The molecule has 0 radical (unpaired) electrons. The number of carbonyl (C=O) groups is 3. The first-order chi connectivity index (χ1) is 17.8. The van der Waals surface area contributed by atoms with Crippen LogP contribution in [0.25, 0.3) is 11.1 Å². The maximum absolute atomic E-state index is 13.3. The molecule has 3 atom stereocenters. The lowest BCUT2D eigenvalue weighted by Gasteiger charge is -2.47. The summed E-state index contributed by atoms with van der Waals surface area (Å²) in [6.45, 7) is 5.12. The average molecular weight is 537 g/mol. The Kier molecular flexibility index (Phi) is 8.31. The van der Waals surface area contributed by atoms with E-state index in [1.807, 2.05) is 60.7 Å². The molecule has 1 N–H and O–H groups in total. The average Bonchev–Trinajstić information content (AvgIpc) is 3.53. The van der Waals surface area contributed by atoms with E-state index in [-0.39, 0.29) is 11.5 Å². The molecule has 0 saturated carbocycles. The van der Waals surface area contributed by atoms with Crippen molar-refractivity contribution < 1.29 is 19.1 Å². The maximum atomic E-state index is 13.3. The molecule has 2 aliphatic carbocycles. The summed E-state index contributed by atoms with van der Waals surface area (Å²) in [5.41, 5.74) is 3.73. The molecular formula is C29H26Cl2N2O4. The van der Waals surface area contributed by atoms with E-state index in [1.54, 1.807) is 0 Å². The van der Waals surface area contributed by atoms with Gasteiger partial charge in [0.1, 0.15) is 11.5 Å². The summed E-state index contributed by atoms with van der Waals surface area (Å²) in [5, 5.41) is 2.48. The number of alkyl halides is 2. The highest BCUT2D eigenvalue weighted by atomic mass is 35.5. The predicted molar refractivity (Wildman–Crippen MR) is 144 cm³/mol. The van der Waals surface area contributed by atoms with Crippen molar-refractivity contribution in [1.82, 2.24) is 10.2 Å². The molecule has 1 heterocycles. The number of carbonyl (C=O) groups excluding carboxylic acids is 3. The molecule has 3 unspecified atom stereocenters. The molecule has 0 spiro atoms. The topological polar surface area (TPSA) is 75.7 Å². The number of nitrogens with zero attached hydrogens (tertiary/aromatic N) is 1. The maximum Gasteiger partial charge on any atom is 0.334 e. The Morgan fingerprint density at radius 2 is 1.51 bits per heavy atom. The van der Waals surface area contributed by atoms with Crippen LogP contribution in [-0.2, 0) is 19.1 Å². The van der Waals surface area contributed by atoms with Gasteiger partial charge < -0.3 is 15.0 Å². The third-order valence-electron chi connectivity index (χ3n) is 6.03. The normalized spacial score (nSPS) is 17.6. The lowest BCUT2D eigenvalue weighted by Crippen LogP contribution is -2.72. The number of fused-ring (bicyclic) bond motifs is 1. The van der Waals surface area contributed by atoms with Gasteiger partial charge in [0.05, 0.1) is 0 Å². The lowest BCUT2D eigenvalue weighted by molar-refractivity contribution is -0.165. The predicted octanol–water partition coefficient (Wildman–Crippen LogP) is 5.06. The number of esters is 1. The molecule has 3 aliphatic rings. The highest BCUT2D eigenvalue weighted by Crippen LogP contribution is 2.33. The van der Waals surface area contributed by atoms with Gasteiger partial charge in [-0.3, -0.25) is 9.59 Å².